The van der Waals surface area contributed by atoms with E-state index in [-0.39, 0.29) is 5.56 Å². The van der Waals surface area contributed by atoms with Crippen LogP contribution in [0.3, 0.4) is 0 Å². The predicted octanol–water partition coefficient (Wildman–Crippen LogP) is 4.48. The molecule has 1 aromatic rings. The molecule has 0 saturated carbocycles. The van der Waals surface area contributed by atoms with E-state index in [1.807, 2.05) is 0 Å². The van der Waals surface area contributed by atoms with Crippen molar-refractivity contribution in [3.8, 4) is 17.9 Å². The van der Waals surface area contributed by atoms with Crippen LogP contribution in [0.5, 0.6) is 0 Å². The Morgan fingerprint density at radius 3 is 2.64 bits per heavy atom. The maximum absolute atomic E-state index is 13.5. The summed E-state index contributed by atoms with van der Waals surface area (Å²) in [6.45, 7) is 4.60. The van der Waals surface area contributed by atoms with Crippen LogP contribution in [0.2, 0.25) is 18.1 Å². The molecule has 1 saturated heterocycles. The number of aliphatic hydroxyl groups is 1. The van der Waals surface area contributed by atoms with E-state index in [0.717, 1.165) is 12.3 Å². The van der Waals surface area contributed by atoms with E-state index in [4.69, 9.17) is 5.26 Å². The highest BCUT2D eigenvalue weighted by Crippen LogP contribution is 2.31. The molecule has 2 nitrogen and oxygen atoms in total. The molecule has 0 amide bonds. The fourth-order valence-electron chi connectivity index (χ4n) is 3.55. The fourth-order valence-corrected chi connectivity index (χ4v) is 7.44. The van der Waals surface area contributed by atoms with Crippen LogP contribution < -0.4 is 0 Å². The molecule has 0 aromatic heterocycles. The molecule has 0 aliphatic carbocycles. The maximum atomic E-state index is 13.5. The molecular weight excluding hydrogens is 329 g/mol. The Kier molecular flexibility index (Phi) is 7.69. The number of halogens is 1. The number of nitriles is 1. The van der Waals surface area contributed by atoms with Crippen molar-refractivity contribution in [3.05, 3.63) is 35.1 Å². The second-order valence-corrected chi connectivity index (χ2v) is 11.1. The van der Waals surface area contributed by atoms with Crippen molar-refractivity contribution in [1.82, 2.24) is 0 Å². The molecule has 25 heavy (non-hydrogen) atoms. The summed E-state index contributed by atoms with van der Waals surface area (Å²) in [5.74, 6) is 6.48. The Bertz CT molecular complexity index is 663. The first-order valence-corrected chi connectivity index (χ1v) is 11.8. The normalized spacial score (nSPS) is 21.3. The van der Waals surface area contributed by atoms with Crippen molar-refractivity contribution in [3.63, 3.8) is 0 Å². The molecular formula is C21H28FNOSi. The number of aliphatic hydroxyl groups excluding tert-OH is 1. The summed E-state index contributed by atoms with van der Waals surface area (Å²) < 4.78 is 13.5. The Morgan fingerprint density at radius 1 is 1.32 bits per heavy atom. The summed E-state index contributed by atoms with van der Waals surface area (Å²) in [6, 6.07) is 10.4. The van der Waals surface area contributed by atoms with Gasteiger partial charge in [0.1, 0.15) is 18.0 Å². The van der Waals surface area contributed by atoms with Crippen molar-refractivity contribution in [1.29, 1.82) is 5.26 Å². The minimum Gasteiger partial charge on any atom is -0.380 e. The van der Waals surface area contributed by atoms with Crippen molar-refractivity contribution < 1.29 is 9.50 Å². The van der Waals surface area contributed by atoms with Gasteiger partial charge in [0.2, 0.25) is 0 Å². The van der Waals surface area contributed by atoms with Gasteiger partial charge in [-0.25, -0.2) is 4.39 Å². The lowest BCUT2D eigenvalue weighted by Gasteiger charge is -2.28. The third kappa shape index (κ3) is 6.65. The molecule has 4 heteroatoms. The molecule has 1 atom stereocenters. The molecule has 1 aromatic carbocycles. The smallest absolute Gasteiger partial charge is 0.142 e. The van der Waals surface area contributed by atoms with E-state index in [0.29, 0.717) is 11.5 Å². The molecule has 1 N–H and O–H groups in total. The van der Waals surface area contributed by atoms with Gasteiger partial charge in [-0.2, -0.15) is 5.26 Å². The van der Waals surface area contributed by atoms with Crippen molar-refractivity contribution in [2.24, 2.45) is 11.8 Å². The minimum atomic E-state index is -0.655. The van der Waals surface area contributed by atoms with E-state index >= 15 is 0 Å². The first-order chi connectivity index (χ1) is 12.0. The second-order valence-electron chi connectivity index (χ2n) is 7.69. The number of hydrogen-bond acceptors (Lipinski definition) is 2. The van der Waals surface area contributed by atoms with Gasteiger partial charge in [-0.1, -0.05) is 63.1 Å². The zero-order valence-corrected chi connectivity index (χ0v) is 16.4. The van der Waals surface area contributed by atoms with Crippen molar-refractivity contribution in [2.75, 3.05) is 0 Å². The summed E-state index contributed by atoms with van der Waals surface area (Å²) in [5, 5.41) is 18.9. The quantitative estimate of drug-likeness (QED) is 0.623. The molecule has 2 rings (SSSR count). The summed E-state index contributed by atoms with van der Waals surface area (Å²) in [5.41, 5.74) is 0.518. The number of benzene rings is 1. The fraction of sp³-hybridized carbons (Fsp3) is 0.571. The molecule has 0 bridgehead atoms. The molecule has 1 fully saturated rings. The van der Waals surface area contributed by atoms with Crippen LogP contribution in [0.15, 0.2) is 18.2 Å². The van der Waals surface area contributed by atoms with Crippen LogP contribution in [-0.4, -0.2) is 20.0 Å². The number of rotatable bonds is 5. The van der Waals surface area contributed by atoms with Gasteiger partial charge in [0.05, 0.1) is 5.56 Å². The average Bonchev–Trinajstić information content (AvgIpc) is 2.59. The van der Waals surface area contributed by atoms with Crippen LogP contribution in [0, 0.1) is 40.8 Å². The monoisotopic (exact) mass is 357 g/mol. The predicted molar refractivity (Wildman–Crippen MR) is 102 cm³/mol. The van der Waals surface area contributed by atoms with Gasteiger partial charge in [0.15, 0.2) is 0 Å². The van der Waals surface area contributed by atoms with E-state index in [1.54, 1.807) is 12.1 Å². The topological polar surface area (TPSA) is 44.0 Å². The van der Waals surface area contributed by atoms with Crippen LogP contribution >= 0.6 is 0 Å². The van der Waals surface area contributed by atoms with Gasteiger partial charge in [-0.15, -0.1) is 0 Å². The van der Waals surface area contributed by atoms with Crippen LogP contribution in [0.4, 0.5) is 4.39 Å². The Labute approximate surface area is 152 Å². The standard InChI is InChI=1S/C21H28FNOSi/c1-16(2)7-10-25-11-8-18(9-12-25)13-20(24)6-4-17-3-5-19(15-23)21(22)14-17/h3,5,14,16,18,20,24-25H,7-13H2,1-2H3/t18-,20?,25-. The first-order valence-electron chi connectivity index (χ1n) is 9.37. The van der Waals surface area contributed by atoms with Gasteiger partial charge in [-0.05, 0) is 36.5 Å². The molecule has 1 unspecified atom stereocenters. The largest absolute Gasteiger partial charge is 0.380 e. The highest BCUT2D eigenvalue weighted by atomic mass is 28.3. The second kappa shape index (κ2) is 9.75. The van der Waals surface area contributed by atoms with Gasteiger partial charge in [0.25, 0.3) is 0 Å². The van der Waals surface area contributed by atoms with Gasteiger partial charge >= 0.3 is 0 Å². The lowest BCUT2D eigenvalue weighted by molar-refractivity contribution is 0.190. The van der Waals surface area contributed by atoms with E-state index in [2.05, 4.69) is 25.7 Å². The summed E-state index contributed by atoms with van der Waals surface area (Å²) >= 11 is 0. The molecule has 1 aliphatic heterocycles. The lowest BCUT2D eigenvalue weighted by Crippen LogP contribution is -2.24. The maximum Gasteiger partial charge on any atom is 0.142 e. The van der Waals surface area contributed by atoms with Crippen molar-refractivity contribution >= 4 is 8.80 Å². The third-order valence-electron chi connectivity index (χ3n) is 5.15. The summed E-state index contributed by atoms with van der Waals surface area (Å²) in [4.78, 5) is 0. The minimum absolute atomic E-state index is 0.0180. The Balaban J connectivity index is 1.79. The van der Waals surface area contributed by atoms with Crippen molar-refractivity contribution in [2.45, 2.75) is 63.8 Å². The van der Waals surface area contributed by atoms with Crippen LogP contribution in [-0.2, 0) is 0 Å². The third-order valence-corrected chi connectivity index (χ3v) is 8.60. The highest BCUT2D eigenvalue weighted by Gasteiger charge is 2.23. The Hall–Kier alpha value is -1.62. The van der Waals surface area contributed by atoms with E-state index in [1.165, 1.54) is 49.5 Å². The molecule has 0 radical (unpaired) electrons. The SMILES string of the molecule is CC(C)CC[Si@H]1CC[C@H](CC(O)C#Cc2ccc(C#N)c(F)c2)CC1. The summed E-state index contributed by atoms with van der Waals surface area (Å²) in [6.07, 6.45) is 3.91. The number of nitrogens with zero attached hydrogens (tertiary/aromatic N) is 1. The van der Waals surface area contributed by atoms with Gasteiger partial charge < -0.3 is 5.11 Å². The molecule has 134 valence electrons. The molecule has 0 spiro atoms. The highest BCUT2D eigenvalue weighted by molar-refractivity contribution is 6.58. The average molecular weight is 358 g/mol. The lowest BCUT2D eigenvalue weighted by atomic mass is 9.95. The molecule has 1 aliphatic rings. The van der Waals surface area contributed by atoms with Crippen LogP contribution in [0.25, 0.3) is 0 Å². The van der Waals surface area contributed by atoms with Gasteiger partial charge in [-0.3, -0.25) is 0 Å². The molecule has 1 heterocycles. The zero-order chi connectivity index (χ0) is 18.2. The van der Waals surface area contributed by atoms with E-state index in [9.17, 15) is 9.50 Å². The van der Waals surface area contributed by atoms with Gasteiger partial charge in [0, 0.05) is 14.4 Å². The first kappa shape index (κ1) is 19.7. The van der Waals surface area contributed by atoms with E-state index < -0.39 is 20.7 Å². The zero-order valence-electron chi connectivity index (χ0n) is 15.3. The number of hydrogen-bond donors (Lipinski definition) is 1. The van der Waals surface area contributed by atoms with Crippen LogP contribution in [0.1, 0.15) is 50.7 Å². The Morgan fingerprint density at radius 2 is 2.04 bits per heavy atom. The summed E-state index contributed by atoms with van der Waals surface area (Å²) in [7, 11) is -0.531.